The van der Waals surface area contributed by atoms with Crippen LogP contribution < -0.4 is 10.5 Å². The topological polar surface area (TPSA) is 53.1 Å². The van der Waals surface area contributed by atoms with E-state index in [-0.39, 0.29) is 5.60 Å². The number of aryl methyl sites for hydroxylation is 1. The molecule has 0 aliphatic heterocycles. The molecule has 0 aromatic carbocycles. The van der Waals surface area contributed by atoms with Crippen LogP contribution >= 0.6 is 0 Å². The van der Waals surface area contributed by atoms with Crippen LogP contribution in [0, 0.1) is 0 Å². The number of hydrogen-bond donors (Lipinski definition) is 1. The summed E-state index contributed by atoms with van der Waals surface area (Å²) in [4.78, 5) is 0. The molecule has 0 amide bonds. The second-order valence-corrected chi connectivity index (χ2v) is 3.36. The number of aromatic nitrogens is 2. The van der Waals surface area contributed by atoms with Crippen molar-refractivity contribution in [1.29, 1.82) is 0 Å². The van der Waals surface area contributed by atoms with Gasteiger partial charge in [-0.25, -0.2) is 4.68 Å². The van der Waals surface area contributed by atoms with Gasteiger partial charge in [-0.2, -0.15) is 5.10 Å². The van der Waals surface area contributed by atoms with Gasteiger partial charge in [0.1, 0.15) is 5.60 Å². The Morgan fingerprint density at radius 3 is 2.75 bits per heavy atom. The number of nitrogens with zero attached hydrogens (tertiary/aromatic N) is 2. The Morgan fingerprint density at radius 2 is 2.33 bits per heavy atom. The highest BCUT2D eigenvalue weighted by molar-refractivity contribution is 5.08. The average molecular weight is 169 g/mol. The van der Waals surface area contributed by atoms with Crippen LogP contribution in [-0.2, 0) is 7.05 Å². The van der Waals surface area contributed by atoms with Crippen LogP contribution in [0.15, 0.2) is 12.3 Å². The van der Waals surface area contributed by atoms with E-state index in [2.05, 4.69) is 5.10 Å². The maximum absolute atomic E-state index is 5.60. The van der Waals surface area contributed by atoms with Crippen molar-refractivity contribution in [2.24, 2.45) is 12.8 Å². The minimum absolute atomic E-state index is 0.326. The van der Waals surface area contributed by atoms with E-state index in [1.165, 1.54) is 0 Å². The molecule has 0 aliphatic rings. The third-order valence-corrected chi connectivity index (χ3v) is 1.65. The van der Waals surface area contributed by atoms with Crippen LogP contribution in [0.4, 0.5) is 0 Å². The molecule has 1 aromatic rings. The van der Waals surface area contributed by atoms with Gasteiger partial charge in [0.15, 0.2) is 0 Å². The third kappa shape index (κ3) is 1.98. The highest BCUT2D eigenvalue weighted by Crippen LogP contribution is 2.15. The second-order valence-electron chi connectivity index (χ2n) is 3.36. The molecule has 0 radical (unpaired) electrons. The molecule has 0 fully saturated rings. The highest BCUT2D eigenvalue weighted by Gasteiger charge is 2.18. The van der Waals surface area contributed by atoms with Gasteiger partial charge in [-0.15, -0.1) is 0 Å². The first-order valence-electron chi connectivity index (χ1n) is 3.92. The van der Waals surface area contributed by atoms with Gasteiger partial charge >= 0.3 is 0 Å². The van der Waals surface area contributed by atoms with Crippen LogP contribution in [0.3, 0.4) is 0 Å². The normalized spacial score (nSPS) is 11.7. The van der Waals surface area contributed by atoms with Crippen molar-refractivity contribution in [2.75, 3.05) is 6.54 Å². The molecule has 0 saturated heterocycles. The van der Waals surface area contributed by atoms with Gasteiger partial charge in [0.25, 0.3) is 0 Å². The first-order chi connectivity index (χ1) is 5.55. The van der Waals surface area contributed by atoms with Crippen LogP contribution in [0.2, 0.25) is 0 Å². The van der Waals surface area contributed by atoms with Gasteiger partial charge in [0.05, 0.1) is 6.20 Å². The fraction of sp³-hybridized carbons (Fsp3) is 0.625. The molecule has 1 rings (SSSR count). The maximum atomic E-state index is 5.60. The van der Waals surface area contributed by atoms with Crippen LogP contribution in [-0.4, -0.2) is 21.9 Å². The Morgan fingerprint density at radius 1 is 1.67 bits per heavy atom. The SMILES string of the molecule is Cn1nccc1OC(C)(C)CN. The van der Waals surface area contributed by atoms with Crippen molar-refractivity contribution in [1.82, 2.24) is 9.78 Å². The zero-order valence-electron chi connectivity index (χ0n) is 7.74. The van der Waals surface area contributed by atoms with E-state index in [9.17, 15) is 0 Å². The Kier molecular flexibility index (Phi) is 2.38. The molecule has 1 aromatic heterocycles. The number of ether oxygens (including phenoxy) is 1. The fourth-order valence-corrected chi connectivity index (χ4v) is 0.787. The van der Waals surface area contributed by atoms with Gasteiger partial charge in [0, 0.05) is 19.7 Å². The summed E-state index contributed by atoms with van der Waals surface area (Å²) < 4.78 is 7.28. The lowest BCUT2D eigenvalue weighted by Crippen LogP contribution is -2.37. The summed E-state index contributed by atoms with van der Waals surface area (Å²) in [5, 5.41) is 3.99. The van der Waals surface area contributed by atoms with E-state index >= 15 is 0 Å². The summed E-state index contributed by atoms with van der Waals surface area (Å²) in [6.45, 7) is 4.37. The minimum Gasteiger partial charge on any atom is -0.470 e. The van der Waals surface area contributed by atoms with Crippen molar-refractivity contribution in [3.8, 4) is 5.88 Å². The first kappa shape index (κ1) is 9.06. The molecule has 0 spiro atoms. The highest BCUT2D eigenvalue weighted by atomic mass is 16.5. The molecule has 0 saturated carbocycles. The summed E-state index contributed by atoms with van der Waals surface area (Å²) in [5.41, 5.74) is 5.19. The standard InChI is InChI=1S/C8H15N3O/c1-8(2,6-9)12-7-4-5-10-11(7)3/h4-5H,6,9H2,1-3H3. The molecule has 0 atom stereocenters. The smallest absolute Gasteiger partial charge is 0.211 e. The van der Waals surface area contributed by atoms with Crippen molar-refractivity contribution >= 4 is 0 Å². The number of rotatable bonds is 3. The lowest BCUT2D eigenvalue weighted by atomic mass is 10.1. The van der Waals surface area contributed by atoms with E-state index in [0.29, 0.717) is 6.54 Å². The lowest BCUT2D eigenvalue weighted by Gasteiger charge is -2.23. The molecule has 68 valence electrons. The predicted octanol–water partition coefficient (Wildman–Crippen LogP) is 0.536. The lowest BCUT2D eigenvalue weighted by molar-refractivity contribution is 0.106. The van der Waals surface area contributed by atoms with E-state index in [0.717, 1.165) is 5.88 Å². The Hall–Kier alpha value is -1.03. The molecular formula is C8H15N3O. The molecule has 2 N–H and O–H groups in total. The maximum Gasteiger partial charge on any atom is 0.211 e. The Bertz CT molecular complexity index is 255. The van der Waals surface area contributed by atoms with Crippen LogP contribution in [0.1, 0.15) is 13.8 Å². The van der Waals surface area contributed by atoms with Crippen molar-refractivity contribution < 1.29 is 4.74 Å². The van der Waals surface area contributed by atoms with Crippen molar-refractivity contribution in [3.63, 3.8) is 0 Å². The second kappa shape index (κ2) is 3.15. The summed E-state index contributed by atoms with van der Waals surface area (Å²) in [5.74, 6) is 0.741. The summed E-state index contributed by atoms with van der Waals surface area (Å²) in [6.07, 6.45) is 1.70. The van der Waals surface area contributed by atoms with Gasteiger partial charge in [-0.05, 0) is 13.8 Å². The van der Waals surface area contributed by atoms with E-state index < -0.39 is 0 Å². The summed E-state index contributed by atoms with van der Waals surface area (Å²) in [6, 6.07) is 1.82. The molecule has 0 bridgehead atoms. The minimum atomic E-state index is -0.326. The molecule has 4 nitrogen and oxygen atoms in total. The van der Waals surface area contributed by atoms with Gasteiger partial charge in [-0.3, -0.25) is 0 Å². The van der Waals surface area contributed by atoms with Gasteiger partial charge in [0.2, 0.25) is 5.88 Å². The third-order valence-electron chi connectivity index (χ3n) is 1.65. The largest absolute Gasteiger partial charge is 0.470 e. The van der Waals surface area contributed by atoms with E-state index in [4.69, 9.17) is 10.5 Å². The monoisotopic (exact) mass is 169 g/mol. The van der Waals surface area contributed by atoms with Crippen molar-refractivity contribution in [2.45, 2.75) is 19.4 Å². The molecule has 1 heterocycles. The number of hydrogen-bond acceptors (Lipinski definition) is 3. The molecule has 4 heteroatoms. The summed E-state index contributed by atoms with van der Waals surface area (Å²) >= 11 is 0. The quantitative estimate of drug-likeness (QED) is 0.718. The molecular weight excluding hydrogens is 154 g/mol. The Balaban J connectivity index is 2.70. The van der Waals surface area contributed by atoms with E-state index in [1.807, 2.05) is 27.0 Å². The first-order valence-corrected chi connectivity index (χ1v) is 3.92. The van der Waals surface area contributed by atoms with Crippen LogP contribution in [0.5, 0.6) is 5.88 Å². The van der Waals surface area contributed by atoms with Crippen molar-refractivity contribution in [3.05, 3.63) is 12.3 Å². The van der Waals surface area contributed by atoms with E-state index in [1.54, 1.807) is 10.9 Å². The zero-order valence-corrected chi connectivity index (χ0v) is 7.74. The van der Waals surface area contributed by atoms with Crippen LogP contribution in [0.25, 0.3) is 0 Å². The number of nitrogens with two attached hydrogens (primary N) is 1. The van der Waals surface area contributed by atoms with Gasteiger partial charge < -0.3 is 10.5 Å². The Labute approximate surface area is 72.3 Å². The fourth-order valence-electron chi connectivity index (χ4n) is 0.787. The zero-order chi connectivity index (χ0) is 9.19. The molecule has 0 unspecified atom stereocenters. The molecule has 12 heavy (non-hydrogen) atoms. The predicted molar refractivity (Wildman–Crippen MR) is 47.0 cm³/mol. The average Bonchev–Trinajstić information content (AvgIpc) is 2.36. The molecule has 0 aliphatic carbocycles. The summed E-state index contributed by atoms with van der Waals surface area (Å²) in [7, 11) is 1.84. The van der Waals surface area contributed by atoms with Gasteiger partial charge in [-0.1, -0.05) is 0 Å².